The van der Waals surface area contributed by atoms with E-state index in [1.165, 1.54) is 0 Å². The van der Waals surface area contributed by atoms with E-state index in [9.17, 15) is 14.4 Å². The predicted octanol–water partition coefficient (Wildman–Crippen LogP) is 3.21. The lowest BCUT2D eigenvalue weighted by molar-refractivity contribution is -0.132. The van der Waals surface area contributed by atoms with Crippen molar-refractivity contribution in [2.45, 2.75) is 19.0 Å². The van der Waals surface area contributed by atoms with E-state index < -0.39 is 6.04 Å². The van der Waals surface area contributed by atoms with Gasteiger partial charge in [-0.15, -0.1) is 0 Å². The summed E-state index contributed by atoms with van der Waals surface area (Å²) in [5, 5.41) is 5.74. The van der Waals surface area contributed by atoms with Crippen LogP contribution in [0, 0.1) is 0 Å². The van der Waals surface area contributed by atoms with Gasteiger partial charge in [-0.25, -0.2) is 0 Å². The van der Waals surface area contributed by atoms with Gasteiger partial charge in [-0.3, -0.25) is 14.4 Å². The van der Waals surface area contributed by atoms with Gasteiger partial charge in [0.05, 0.1) is 10.6 Å². The third-order valence-electron chi connectivity index (χ3n) is 4.57. The number of nitrogens with zero attached hydrogens (tertiary/aromatic N) is 1. The van der Waals surface area contributed by atoms with E-state index in [1.807, 2.05) is 18.4 Å². The van der Waals surface area contributed by atoms with E-state index >= 15 is 0 Å². The van der Waals surface area contributed by atoms with Crippen molar-refractivity contribution in [1.82, 2.24) is 15.5 Å². The first-order valence-corrected chi connectivity index (χ1v) is 11.2. The largest absolute Gasteiger partial charge is 0.355 e. The smallest absolute Gasteiger partial charge is 0.253 e. The van der Waals surface area contributed by atoms with Gasteiger partial charge in [-0.05, 0) is 48.3 Å². The van der Waals surface area contributed by atoms with E-state index in [0.29, 0.717) is 29.1 Å². The topological polar surface area (TPSA) is 78.5 Å². The second kappa shape index (κ2) is 11.6. The summed E-state index contributed by atoms with van der Waals surface area (Å²) < 4.78 is 0. The number of carbonyl (C=O) groups excluding carboxylic acids is 3. The Morgan fingerprint density at radius 1 is 1.07 bits per heavy atom. The fraction of sp³-hybridized carbons (Fsp3) is 0.318. The molecule has 0 bridgehead atoms. The van der Waals surface area contributed by atoms with Crippen molar-refractivity contribution in [1.29, 1.82) is 0 Å². The molecule has 3 amide bonds. The highest BCUT2D eigenvalue weighted by atomic mass is 35.5. The molecule has 6 nitrogen and oxygen atoms in total. The Hall–Kier alpha value is -2.51. The molecule has 160 valence electrons. The number of benzene rings is 2. The molecule has 0 saturated carbocycles. The second-order valence-electron chi connectivity index (χ2n) is 6.76. The highest BCUT2D eigenvalue weighted by molar-refractivity contribution is 7.98. The number of carbonyl (C=O) groups is 3. The summed E-state index contributed by atoms with van der Waals surface area (Å²) in [4.78, 5) is 38.9. The van der Waals surface area contributed by atoms with Crippen LogP contribution < -0.4 is 10.6 Å². The SMILES string of the molecule is CNC(=O)c1ccc(CN(C)C(=O)C(CCSC)NC(=O)c2ccccc2Cl)cc1. The Balaban J connectivity index is 2.08. The van der Waals surface area contributed by atoms with Crippen LogP contribution in [0.5, 0.6) is 0 Å². The maximum atomic E-state index is 13.0. The average Bonchev–Trinajstić information content (AvgIpc) is 2.76. The molecule has 0 spiro atoms. The summed E-state index contributed by atoms with van der Waals surface area (Å²) in [6.45, 7) is 0.366. The fourth-order valence-corrected chi connectivity index (χ4v) is 3.59. The Kier molecular flexibility index (Phi) is 9.20. The van der Waals surface area contributed by atoms with E-state index in [1.54, 1.807) is 67.2 Å². The van der Waals surface area contributed by atoms with Crippen molar-refractivity contribution in [3.8, 4) is 0 Å². The molecule has 2 N–H and O–H groups in total. The van der Waals surface area contributed by atoms with Crippen LogP contribution in [0.1, 0.15) is 32.7 Å². The third kappa shape index (κ3) is 6.50. The zero-order valence-electron chi connectivity index (χ0n) is 17.3. The molecule has 0 radical (unpaired) electrons. The maximum Gasteiger partial charge on any atom is 0.253 e. The number of rotatable bonds is 9. The molecule has 2 aromatic rings. The average molecular weight is 448 g/mol. The van der Waals surface area contributed by atoms with E-state index in [4.69, 9.17) is 11.6 Å². The minimum Gasteiger partial charge on any atom is -0.355 e. The van der Waals surface area contributed by atoms with Gasteiger partial charge in [0.1, 0.15) is 6.04 Å². The van der Waals surface area contributed by atoms with E-state index in [0.717, 1.165) is 11.3 Å². The standard InChI is InChI=1S/C22H26ClN3O3S/c1-24-20(27)16-10-8-15(9-11-16)14-26(2)22(29)19(12-13-30-3)25-21(28)17-6-4-5-7-18(17)23/h4-11,19H,12-14H2,1-3H3,(H,24,27)(H,25,28). The number of amides is 3. The normalized spacial score (nSPS) is 11.5. The molecule has 0 aliphatic heterocycles. The van der Waals surface area contributed by atoms with Crippen molar-refractivity contribution < 1.29 is 14.4 Å². The number of nitrogens with one attached hydrogen (secondary N) is 2. The number of halogens is 1. The first kappa shape index (κ1) is 23.8. The lowest BCUT2D eigenvalue weighted by Crippen LogP contribution is -2.47. The van der Waals surface area contributed by atoms with Gasteiger partial charge in [-0.2, -0.15) is 11.8 Å². The van der Waals surface area contributed by atoms with Crippen molar-refractivity contribution in [2.24, 2.45) is 0 Å². The lowest BCUT2D eigenvalue weighted by atomic mass is 10.1. The molecule has 8 heteroatoms. The summed E-state index contributed by atoms with van der Waals surface area (Å²) >= 11 is 7.72. The molecule has 1 unspecified atom stereocenters. The number of thioether (sulfide) groups is 1. The highest BCUT2D eigenvalue weighted by Crippen LogP contribution is 2.16. The van der Waals surface area contributed by atoms with Crippen LogP contribution >= 0.6 is 23.4 Å². The molecule has 0 aromatic heterocycles. The second-order valence-corrected chi connectivity index (χ2v) is 8.15. The van der Waals surface area contributed by atoms with E-state index in [2.05, 4.69) is 10.6 Å². The van der Waals surface area contributed by atoms with Gasteiger partial charge in [0.25, 0.3) is 11.8 Å². The van der Waals surface area contributed by atoms with Crippen molar-refractivity contribution in [3.63, 3.8) is 0 Å². The van der Waals surface area contributed by atoms with Gasteiger partial charge < -0.3 is 15.5 Å². The summed E-state index contributed by atoms with van der Waals surface area (Å²) in [7, 11) is 3.27. The summed E-state index contributed by atoms with van der Waals surface area (Å²) in [5.41, 5.74) is 1.79. The molecule has 1 atom stereocenters. The predicted molar refractivity (Wildman–Crippen MR) is 122 cm³/mol. The van der Waals surface area contributed by atoms with Gasteiger partial charge >= 0.3 is 0 Å². The van der Waals surface area contributed by atoms with Crippen LogP contribution in [0.3, 0.4) is 0 Å². The van der Waals surface area contributed by atoms with E-state index in [-0.39, 0.29) is 17.7 Å². The van der Waals surface area contributed by atoms with Crippen LogP contribution in [0.15, 0.2) is 48.5 Å². The molecular weight excluding hydrogens is 422 g/mol. The Bertz CT molecular complexity index is 889. The monoisotopic (exact) mass is 447 g/mol. The molecule has 2 aromatic carbocycles. The van der Waals surface area contributed by atoms with Gasteiger partial charge in [-0.1, -0.05) is 35.9 Å². The zero-order valence-corrected chi connectivity index (χ0v) is 18.8. The lowest BCUT2D eigenvalue weighted by Gasteiger charge is -2.25. The third-order valence-corrected chi connectivity index (χ3v) is 5.55. The molecule has 0 heterocycles. The number of likely N-dealkylation sites (N-methyl/N-ethyl adjacent to an activating group) is 1. The van der Waals surface area contributed by atoms with Gasteiger partial charge in [0, 0.05) is 26.2 Å². The first-order valence-electron chi connectivity index (χ1n) is 9.47. The number of hydrogen-bond acceptors (Lipinski definition) is 4. The van der Waals surface area contributed by atoms with Crippen molar-refractivity contribution in [2.75, 3.05) is 26.1 Å². The van der Waals surface area contributed by atoms with Gasteiger partial charge in [0.15, 0.2) is 0 Å². The molecular formula is C22H26ClN3O3S. The van der Waals surface area contributed by atoms with Crippen LogP contribution in [0.25, 0.3) is 0 Å². The summed E-state index contributed by atoms with van der Waals surface area (Å²) in [6, 6.07) is 13.2. The minimum absolute atomic E-state index is 0.162. The Labute approximate surface area is 186 Å². The van der Waals surface area contributed by atoms with Crippen LogP contribution in [0.2, 0.25) is 5.02 Å². The van der Waals surface area contributed by atoms with Crippen molar-refractivity contribution >= 4 is 41.1 Å². The molecule has 0 aliphatic rings. The fourth-order valence-electron chi connectivity index (χ4n) is 2.90. The van der Waals surface area contributed by atoms with Crippen molar-refractivity contribution in [3.05, 3.63) is 70.2 Å². The maximum absolute atomic E-state index is 13.0. The summed E-state index contributed by atoms with van der Waals surface area (Å²) in [6.07, 6.45) is 2.46. The van der Waals surface area contributed by atoms with Gasteiger partial charge in [0.2, 0.25) is 5.91 Å². The molecule has 0 aliphatic carbocycles. The zero-order chi connectivity index (χ0) is 22.1. The first-order chi connectivity index (χ1) is 14.4. The molecule has 0 saturated heterocycles. The molecule has 0 fully saturated rings. The Morgan fingerprint density at radius 3 is 2.33 bits per heavy atom. The number of hydrogen-bond donors (Lipinski definition) is 2. The minimum atomic E-state index is -0.656. The quantitative estimate of drug-likeness (QED) is 0.618. The van der Waals surface area contributed by atoms with Crippen LogP contribution in [-0.4, -0.2) is 54.8 Å². The molecule has 2 rings (SSSR count). The molecule has 30 heavy (non-hydrogen) atoms. The summed E-state index contributed by atoms with van der Waals surface area (Å²) in [5.74, 6) is 0.0158. The van der Waals surface area contributed by atoms with Crippen LogP contribution in [-0.2, 0) is 11.3 Å². The van der Waals surface area contributed by atoms with Crippen LogP contribution in [0.4, 0.5) is 0 Å². The Morgan fingerprint density at radius 2 is 1.73 bits per heavy atom. The highest BCUT2D eigenvalue weighted by Gasteiger charge is 2.25.